The van der Waals surface area contributed by atoms with Crippen LogP contribution < -0.4 is 27.2 Å². The molecule has 8 heteroatoms. The molecule has 0 aliphatic heterocycles. The van der Waals surface area contributed by atoms with Gasteiger partial charge in [0.1, 0.15) is 12.0 Å². The Morgan fingerprint density at radius 3 is 2.03 bits per heavy atom. The van der Waals surface area contributed by atoms with E-state index in [1.807, 2.05) is 115 Å². The largest absolute Gasteiger partial charge is 0.495 e. The predicted octanol–water partition coefficient (Wildman–Crippen LogP) is 6.52. The highest BCUT2D eigenvalue weighted by molar-refractivity contribution is 8.14. The number of thioether (sulfide) groups is 1. The van der Waals surface area contributed by atoms with Crippen LogP contribution in [0.4, 0.5) is 11.4 Å². The number of hydrogen-bond donors (Lipinski definition) is 3. The van der Waals surface area contributed by atoms with Gasteiger partial charge in [-0.1, -0.05) is 88.0 Å². The van der Waals surface area contributed by atoms with E-state index in [-0.39, 0.29) is 0 Å². The summed E-state index contributed by atoms with van der Waals surface area (Å²) < 4.78 is 4.97. The molecule has 3 aromatic carbocycles. The van der Waals surface area contributed by atoms with Gasteiger partial charge in [0, 0.05) is 0 Å². The summed E-state index contributed by atoms with van der Waals surface area (Å²) in [6.07, 6.45) is 0.863. The fourth-order valence-corrected chi connectivity index (χ4v) is 3.86. The molecular formula is C29H43N5O2S. The van der Waals surface area contributed by atoms with Crippen LogP contribution >= 0.6 is 11.8 Å². The Morgan fingerprint density at radius 2 is 1.51 bits per heavy atom. The quantitative estimate of drug-likeness (QED) is 0.0865. The molecule has 0 radical (unpaired) electrons. The molecule has 6 N–H and O–H groups in total. The Balaban J connectivity index is 0.000000771. The number of hydrazine groups is 1. The van der Waals surface area contributed by atoms with Crippen molar-refractivity contribution in [3.05, 3.63) is 89.0 Å². The maximum Gasteiger partial charge on any atom is 0.202 e. The second-order valence-corrected chi connectivity index (χ2v) is 8.51. The van der Waals surface area contributed by atoms with Crippen molar-refractivity contribution in [1.82, 2.24) is 0 Å². The van der Waals surface area contributed by atoms with Crippen LogP contribution in [0.25, 0.3) is 0 Å². The number of ether oxygens (including phenoxy) is 1. The molecule has 3 rings (SSSR count). The number of aryl methyl sites for hydroxylation is 3. The summed E-state index contributed by atoms with van der Waals surface area (Å²) in [6.45, 7) is 13.9. The average Bonchev–Trinajstić information content (AvgIpc) is 2.93. The van der Waals surface area contributed by atoms with E-state index in [2.05, 4.69) is 5.10 Å². The summed E-state index contributed by atoms with van der Waals surface area (Å²) in [5.41, 5.74) is 11.2. The summed E-state index contributed by atoms with van der Waals surface area (Å²) in [6, 6.07) is 21.1. The third-order valence-electron chi connectivity index (χ3n) is 4.81. The van der Waals surface area contributed by atoms with Crippen molar-refractivity contribution in [2.45, 2.75) is 53.7 Å². The van der Waals surface area contributed by atoms with E-state index in [0.717, 1.165) is 40.0 Å². The number of benzene rings is 3. The zero-order chi connectivity index (χ0) is 28.4. The lowest BCUT2D eigenvalue weighted by Crippen LogP contribution is -2.37. The smallest absolute Gasteiger partial charge is 0.202 e. The molecule has 0 aliphatic rings. The third kappa shape index (κ3) is 11.0. The minimum absolute atomic E-state index is 0.375. The number of hydrazone groups is 1. The van der Waals surface area contributed by atoms with Gasteiger partial charge in [0.05, 0.1) is 23.7 Å². The summed E-state index contributed by atoms with van der Waals surface area (Å²) in [4.78, 5) is 11.5. The van der Waals surface area contributed by atoms with Crippen molar-refractivity contribution in [3.63, 3.8) is 0 Å². The lowest BCUT2D eigenvalue weighted by atomic mass is 10.1. The van der Waals surface area contributed by atoms with Crippen LogP contribution in [0.2, 0.25) is 0 Å². The minimum atomic E-state index is -0.422. The Morgan fingerprint density at radius 1 is 0.946 bits per heavy atom. The number of nitrogen functional groups attached to an aromatic ring is 1. The highest BCUT2D eigenvalue weighted by Gasteiger charge is 2.20. The van der Waals surface area contributed by atoms with Gasteiger partial charge in [-0.2, -0.15) is 5.10 Å². The molecule has 7 nitrogen and oxygen atoms in total. The molecule has 0 aromatic heterocycles. The van der Waals surface area contributed by atoms with Gasteiger partial charge in [-0.3, -0.25) is 5.01 Å². The molecule has 0 aliphatic carbocycles. The van der Waals surface area contributed by atoms with Crippen molar-refractivity contribution in [2.75, 3.05) is 17.9 Å². The molecule has 37 heavy (non-hydrogen) atoms. The van der Waals surface area contributed by atoms with Crippen LogP contribution in [0.15, 0.2) is 71.8 Å². The highest BCUT2D eigenvalue weighted by atomic mass is 32.2. The first-order valence-electron chi connectivity index (χ1n) is 12.3. The van der Waals surface area contributed by atoms with E-state index < -0.39 is 5.25 Å². The summed E-state index contributed by atoms with van der Waals surface area (Å²) >= 11 is 1.22. The molecule has 0 saturated heterocycles. The van der Waals surface area contributed by atoms with Crippen molar-refractivity contribution in [3.8, 4) is 5.75 Å². The number of anilines is 2. The zero-order valence-corrected chi connectivity index (χ0v) is 24.2. The first kappa shape index (κ1) is 33.5. The highest BCUT2D eigenvalue weighted by Crippen LogP contribution is 2.31. The van der Waals surface area contributed by atoms with Gasteiger partial charge in [0.25, 0.3) is 0 Å². The van der Waals surface area contributed by atoms with E-state index in [4.69, 9.17) is 22.2 Å². The van der Waals surface area contributed by atoms with Gasteiger partial charge in [0.2, 0.25) is 5.17 Å². The van der Waals surface area contributed by atoms with Crippen LogP contribution in [0.3, 0.4) is 0 Å². The molecular weight excluding hydrogens is 482 g/mol. The first-order chi connectivity index (χ1) is 17.8. The number of amidine groups is 1. The van der Waals surface area contributed by atoms with E-state index in [1.54, 1.807) is 7.11 Å². The molecule has 0 fully saturated rings. The Bertz CT molecular complexity index is 1090. The van der Waals surface area contributed by atoms with Gasteiger partial charge in [0.15, 0.2) is 0 Å². The normalized spacial score (nSPS) is 10.8. The molecule has 0 bridgehead atoms. The first-order valence-corrected chi connectivity index (χ1v) is 13.2. The van der Waals surface area contributed by atoms with Crippen molar-refractivity contribution in [2.24, 2.45) is 16.8 Å². The fourth-order valence-electron chi connectivity index (χ4n) is 3.02. The van der Waals surface area contributed by atoms with E-state index in [9.17, 15) is 4.79 Å². The lowest BCUT2D eigenvalue weighted by Gasteiger charge is -2.23. The summed E-state index contributed by atoms with van der Waals surface area (Å²) in [7, 11) is 1.61. The van der Waals surface area contributed by atoms with Crippen molar-refractivity contribution >= 4 is 34.6 Å². The Kier molecular flexibility index (Phi) is 17.0. The monoisotopic (exact) mass is 525 g/mol. The molecule has 0 spiro atoms. The number of nitrogens with two attached hydrogens (primary N) is 3. The van der Waals surface area contributed by atoms with E-state index >= 15 is 0 Å². The second-order valence-electron chi connectivity index (χ2n) is 7.40. The van der Waals surface area contributed by atoms with Gasteiger partial charge < -0.3 is 21.1 Å². The minimum Gasteiger partial charge on any atom is -0.495 e. The lowest BCUT2D eigenvalue weighted by molar-refractivity contribution is -0.107. The number of aldehydes is 1. The van der Waals surface area contributed by atoms with Gasteiger partial charge >= 0.3 is 0 Å². The Hall–Kier alpha value is -3.49. The maximum absolute atomic E-state index is 11.5. The molecule has 0 amide bonds. The van der Waals surface area contributed by atoms with Gasteiger partial charge in [-0.25, -0.2) is 5.84 Å². The predicted molar refractivity (Wildman–Crippen MR) is 162 cm³/mol. The Labute approximate surface area is 227 Å². The van der Waals surface area contributed by atoms with Crippen LogP contribution in [0.5, 0.6) is 5.75 Å². The molecule has 0 saturated carbocycles. The standard InChI is InChI=1S/C17H20N4OS.C8H11NO.2C2H6/c1-12-8-9-13(2)15(10-12)21(19)17(20-18)23-16(11-22)14-6-4-3-5-7-14;1-6-3-4-8(10-2)7(9)5-6;2*1-2/h3-11,16H,18-19H2,1-2H3;3-5H,9H2,1-2H3;2*1-2H3/b20-17+;;;. The molecule has 1 unspecified atom stereocenters. The van der Waals surface area contributed by atoms with Crippen molar-refractivity contribution in [1.29, 1.82) is 0 Å². The van der Waals surface area contributed by atoms with Crippen LogP contribution in [-0.2, 0) is 4.79 Å². The number of nitrogens with zero attached hydrogens (tertiary/aromatic N) is 2. The fraction of sp³-hybridized carbons (Fsp3) is 0.310. The number of methoxy groups -OCH3 is 1. The van der Waals surface area contributed by atoms with Crippen molar-refractivity contribution < 1.29 is 9.53 Å². The number of carbonyl (C=O) groups is 1. The molecule has 3 aromatic rings. The van der Waals surface area contributed by atoms with E-state index in [0.29, 0.717) is 10.9 Å². The third-order valence-corrected chi connectivity index (χ3v) is 5.96. The van der Waals surface area contributed by atoms with E-state index in [1.165, 1.54) is 16.8 Å². The number of carbonyl (C=O) groups excluding carboxylic acids is 1. The summed E-state index contributed by atoms with van der Waals surface area (Å²) in [5, 5.41) is 5.15. The average molecular weight is 526 g/mol. The van der Waals surface area contributed by atoms with Gasteiger partial charge in [-0.05, 0) is 61.2 Å². The second kappa shape index (κ2) is 18.7. The molecule has 202 valence electrons. The van der Waals surface area contributed by atoms with Crippen LogP contribution in [0, 0.1) is 20.8 Å². The maximum atomic E-state index is 11.5. The SMILES string of the molecule is CC.CC.COc1ccc(C)cc1N.Cc1ccc(C)c(N(N)/C(=N\N)SC(C=O)c2ccccc2)c1. The zero-order valence-electron chi connectivity index (χ0n) is 23.4. The van der Waals surface area contributed by atoms with Crippen LogP contribution in [-0.4, -0.2) is 18.6 Å². The molecule has 0 heterocycles. The summed E-state index contributed by atoms with van der Waals surface area (Å²) in [5.74, 6) is 12.4. The van der Waals surface area contributed by atoms with Gasteiger partial charge in [-0.15, -0.1) is 0 Å². The number of rotatable bonds is 5. The van der Waals surface area contributed by atoms with Crippen LogP contribution in [0.1, 0.15) is 55.2 Å². The molecule has 1 atom stereocenters. The number of hydrogen-bond acceptors (Lipinski definition) is 7. The topological polar surface area (TPSA) is 120 Å².